The lowest BCUT2D eigenvalue weighted by Gasteiger charge is -2.20. The molecule has 0 aromatic heterocycles. The molecule has 0 aliphatic heterocycles. The van der Waals surface area contributed by atoms with Gasteiger partial charge in [-0.25, -0.2) is 0 Å². The zero-order valence-electron chi connectivity index (χ0n) is 8.39. The van der Waals surface area contributed by atoms with Crippen LogP contribution in [-0.2, 0) is 4.79 Å². The van der Waals surface area contributed by atoms with Gasteiger partial charge in [0.25, 0.3) is 0 Å². The van der Waals surface area contributed by atoms with Crippen LogP contribution in [0.2, 0.25) is 0 Å². The van der Waals surface area contributed by atoms with E-state index in [1.807, 2.05) is 11.8 Å². The van der Waals surface area contributed by atoms with Crippen molar-refractivity contribution in [3.8, 4) is 0 Å². The number of carbonyl (C=O) groups is 1. The standard InChI is InChI=1S/C10H19NO/c1-4-11(9(2)12)8-7-10(3)5-6-10/h4-8H2,1-3H3. The van der Waals surface area contributed by atoms with Crippen LogP contribution in [0.5, 0.6) is 0 Å². The van der Waals surface area contributed by atoms with Gasteiger partial charge < -0.3 is 4.90 Å². The third-order valence-electron chi connectivity index (χ3n) is 2.92. The van der Waals surface area contributed by atoms with Gasteiger partial charge in [-0.05, 0) is 31.6 Å². The minimum atomic E-state index is 0.210. The van der Waals surface area contributed by atoms with Crippen molar-refractivity contribution in [2.45, 2.75) is 40.0 Å². The Bertz CT molecular complexity index is 173. The third-order valence-corrected chi connectivity index (χ3v) is 2.92. The predicted octanol–water partition coefficient (Wildman–Crippen LogP) is 2.04. The molecular formula is C10H19NO. The molecule has 1 rings (SSSR count). The molecule has 0 N–H and O–H groups in total. The molecule has 70 valence electrons. The molecule has 1 fully saturated rings. The monoisotopic (exact) mass is 169 g/mol. The Morgan fingerprint density at radius 3 is 2.42 bits per heavy atom. The van der Waals surface area contributed by atoms with E-state index in [4.69, 9.17) is 0 Å². The maximum atomic E-state index is 11.0. The molecular weight excluding hydrogens is 150 g/mol. The average Bonchev–Trinajstić information content (AvgIpc) is 2.69. The second kappa shape index (κ2) is 3.46. The zero-order chi connectivity index (χ0) is 9.19. The smallest absolute Gasteiger partial charge is 0.219 e. The summed E-state index contributed by atoms with van der Waals surface area (Å²) in [6.45, 7) is 7.80. The van der Waals surface area contributed by atoms with Crippen LogP contribution in [0.3, 0.4) is 0 Å². The number of rotatable bonds is 4. The molecule has 1 aliphatic carbocycles. The van der Waals surface area contributed by atoms with Crippen molar-refractivity contribution in [1.29, 1.82) is 0 Å². The normalized spacial score (nSPS) is 18.9. The molecule has 0 aromatic carbocycles. The summed E-state index contributed by atoms with van der Waals surface area (Å²) in [5.41, 5.74) is 0.572. The fourth-order valence-electron chi connectivity index (χ4n) is 1.41. The van der Waals surface area contributed by atoms with Gasteiger partial charge in [0, 0.05) is 20.0 Å². The van der Waals surface area contributed by atoms with E-state index in [0.29, 0.717) is 5.41 Å². The first kappa shape index (κ1) is 9.56. The fraction of sp³-hybridized carbons (Fsp3) is 0.900. The summed E-state index contributed by atoms with van der Waals surface area (Å²) in [7, 11) is 0. The van der Waals surface area contributed by atoms with Gasteiger partial charge in [0.05, 0.1) is 0 Å². The van der Waals surface area contributed by atoms with Gasteiger partial charge in [-0.3, -0.25) is 4.79 Å². The van der Waals surface area contributed by atoms with Crippen LogP contribution in [0.25, 0.3) is 0 Å². The summed E-state index contributed by atoms with van der Waals surface area (Å²) in [5.74, 6) is 0.210. The van der Waals surface area contributed by atoms with E-state index < -0.39 is 0 Å². The highest BCUT2D eigenvalue weighted by Crippen LogP contribution is 2.48. The van der Waals surface area contributed by atoms with E-state index in [9.17, 15) is 4.79 Å². The number of carbonyl (C=O) groups excluding carboxylic acids is 1. The highest BCUT2D eigenvalue weighted by Gasteiger charge is 2.36. The molecule has 1 saturated carbocycles. The van der Waals surface area contributed by atoms with Gasteiger partial charge in [0.15, 0.2) is 0 Å². The number of hydrogen-bond donors (Lipinski definition) is 0. The van der Waals surface area contributed by atoms with Crippen LogP contribution in [0.15, 0.2) is 0 Å². The van der Waals surface area contributed by atoms with Crippen molar-refractivity contribution in [2.24, 2.45) is 5.41 Å². The third kappa shape index (κ3) is 2.50. The highest BCUT2D eigenvalue weighted by molar-refractivity contribution is 5.73. The second-order valence-corrected chi connectivity index (χ2v) is 4.16. The largest absolute Gasteiger partial charge is 0.343 e. The first-order valence-electron chi connectivity index (χ1n) is 4.83. The van der Waals surface area contributed by atoms with Gasteiger partial charge in [-0.1, -0.05) is 6.92 Å². The van der Waals surface area contributed by atoms with Gasteiger partial charge in [0.2, 0.25) is 5.91 Å². The topological polar surface area (TPSA) is 20.3 Å². The SMILES string of the molecule is CCN(CCC1(C)CC1)C(C)=O. The van der Waals surface area contributed by atoms with E-state index in [1.54, 1.807) is 6.92 Å². The van der Waals surface area contributed by atoms with Crippen molar-refractivity contribution < 1.29 is 4.79 Å². The molecule has 0 aromatic rings. The quantitative estimate of drug-likeness (QED) is 0.630. The second-order valence-electron chi connectivity index (χ2n) is 4.16. The van der Waals surface area contributed by atoms with Crippen molar-refractivity contribution in [3.63, 3.8) is 0 Å². The molecule has 0 atom stereocenters. The van der Waals surface area contributed by atoms with Gasteiger partial charge >= 0.3 is 0 Å². The van der Waals surface area contributed by atoms with Crippen molar-refractivity contribution >= 4 is 5.91 Å². The maximum Gasteiger partial charge on any atom is 0.219 e. The fourth-order valence-corrected chi connectivity index (χ4v) is 1.41. The minimum Gasteiger partial charge on any atom is -0.343 e. The first-order valence-corrected chi connectivity index (χ1v) is 4.83. The Morgan fingerprint density at radius 1 is 1.50 bits per heavy atom. The molecule has 2 nitrogen and oxygen atoms in total. The lowest BCUT2D eigenvalue weighted by Crippen LogP contribution is -2.30. The van der Waals surface area contributed by atoms with E-state index >= 15 is 0 Å². The first-order chi connectivity index (χ1) is 5.57. The summed E-state index contributed by atoms with van der Waals surface area (Å²) in [6, 6.07) is 0. The average molecular weight is 169 g/mol. The van der Waals surface area contributed by atoms with Crippen LogP contribution in [0.1, 0.15) is 40.0 Å². The van der Waals surface area contributed by atoms with Crippen LogP contribution in [0.4, 0.5) is 0 Å². The van der Waals surface area contributed by atoms with Crippen molar-refractivity contribution in [2.75, 3.05) is 13.1 Å². The molecule has 0 bridgehead atoms. The van der Waals surface area contributed by atoms with Crippen molar-refractivity contribution in [1.82, 2.24) is 4.90 Å². The van der Waals surface area contributed by atoms with Gasteiger partial charge in [-0.2, -0.15) is 0 Å². The van der Waals surface area contributed by atoms with Crippen LogP contribution < -0.4 is 0 Å². The molecule has 2 heteroatoms. The summed E-state index contributed by atoms with van der Waals surface area (Å²) in [6.07, 6.45) is 3.88. The Kier molecular flexibility index (Phi) is 2.76. The summed E-state index contributed by atoms with van der Waals surface area (Å²) in [5, 5.41) is 0. The molecule has 1 amide bonds. The summed E-state index contributed by atoms with van der Waals surface area (Å²) < 4.78 is 0. The van der Waals surface area contributed by atoms with Crippen LogP contribution in [0, 0.1) is 5.41 Å². The van der Waals surface area contributed by atoms with Crippen LogP contribution in [-0.4, -0.2) is 23.9 Å². The van der Waals surface area contributed by atoms with Gasteiger partial charge in [-0.15, -0.1) is 0 Å². The Hall–Kier alpha value is -0.530. The predicted molar refractivity (Wildman–Crippen MR) is 49.9 cm³/mol. The minimum absolute atomic E-state index is 0.210. The van der Waals surface area contributed by atoms with E-state index in [2.05, 4.69) is 6.92 Å². The summed E-state index contributed by atoms with van der Waals surface area (Å²) >= 11 is 0. The number of nitrogens with zero attached hydrogens (tertiary/aromatic N) is 1. The zero-order valence-corrected chi connectivity index (χ0v) is 8.39. The number of hydrogen-bond acceptors (Lipinski definition) is 1. The molecule has 0 radical (unpaired) electrons. The lowest BCUT2D eigenvalue weighted by molar-refractivity contribution is -0.128. The van der Waals surface area contributed by atoms with E-state index in [1.165, 1.54) is 19.3 Å². The Morgan fingerprint density at radius 2 is 2.08 bits per heavy atom. The molecule has 0 heterocycles. The molecule has 1 aliphatic rings. The Labute approximate surface area is 74.9 Å². The van der Waals surface area contributed by atoms with E-state index in [0.717, 1.165) is 13.1 Å². The lowest BCUT2D eigenvalue weighted by atomic mass is 10.1. The molecule has 12 heavy (non-hydrogen) atoms. The highest BCUT2D eigenvalue weighted by atomic mass is 16.2. The molecule has 0 spiro atoms. The molecule has 0 unspecified atom stereocenters. The summed E-state index contributed by atoms with van der Waals surface area (Å²) in [4.78, 5) is 13.0. The van der Waals surface area contributed by atoms with E-state index in [-0.39, 0.29) is 5.91 Å². The number of amides is 1. The Balaban J connectivity index is 2.23. The maximum absolute atomic E-state index is 11.0. The van der Waals surface area contributed by atoms with Crippen molar-refractivity contribution in [3.05, 3.63) is 0 Å². The van der Waals surface area contributed by atoms with Gasteiger partial charge in [0.1, 0.15) is 0 Å². The van der Waals surface area contributed by atoms with Crippen LogP contribution >= 0.6 is 0 Å². The molecule has 0 saturated heterocycles.